The summed E-state index contributed by atoms with van der Waals surface area (Å²) in [5, 5.41) is 10.7. The normalized spacial score (nSPS) is 9.84. The lowest BCUT2D eigenvalue weighted by atomic mass is 9.95. The summed E-state index contributed by atoms with van der Waals surface area (Å²) in [6, 6.07) is 6.67. The average molecular weight is 326 g/mol. The molecule has 0 aromatic heterocycles. The molecule has 0 aliphatic rings. The quantitative estimate of drug-likeness (QED) is 0.274. The Morgan fingerprint density at radius 3 is 2.00 bits per heavy atom. The van der Waals surface area contributed by atoms with Gasteiger partial charge in [0, 0.05) is 15.0 Å². The molecule has 0 bridgehead atoms. The van der Waals surface area contributed by atoms with Crippen molar-refractivity contribution in [3.05, 3.63) is 50.0 Å². The summed E-state index contributed by atoms with van der Waals surface area (Å²) in [5.41, 5.74) is 0.539. The van der Waals surface area contributed by atoms with Crippen molar-refractivity contribution in [2.24, 2.45) is 0 Å². The molecule has 0 spiro atoms. The number of Topliss-reactive ketones (excluding diaryl/α,β-unsaturated/α-hetero) is 2. The van der Waals surface area contributed by atoms with E-state index in [-0.39, 0.29) is 11.1 Å². The summed E-state index contributed by atoms with van der Waals surface area (Å²) >= 11 is 3.26. The van der Waals surface area contributed by atoms with Crippen LogP contribution in [-0.4, -0.2) is 23.0 Å². The van der Waals surface area contributed by atoms with E-state index in [4.69, 9.17) is 0 Å². The maximum Gasteiger partial charge on any atom is 0.230 e. The number of hydrogen-bond donors (Lipinski definition) is 0. The van der Waals surface area contributed by atoms with Crippen LogP contribution in [0.15, 0.2) is 34.3 Å². The summed E-state index contributed by atoms with van der Waals surface area (Å²) < 4.78 is 0.809. The molecule has 1 rings (SSSR count). The number of carbonyl (C=O) groups is 2. The van der Waals surface area contributed by atoms with Gasteiger partial charge < -0.3 is 0 Å². The fourth-order valence-corrected chi connectivity index (χ4v) is 2.03. The minimum Gasteiger partial charge on any atom is -0.294 e. The SMILES string of the molecule is CC(=O)C(C(C)=O)=C(C[N+](=O)[O-])c1ccc(Br)cc1. The Balaban J connectivity index is 3.47. The van der Waals surface area contributed by atoms with E-state index in [0.29, 0.717) is 5.56 Å². The molecule has 0 N–H and O–H groups in total. The molecule has 0 amide bonds. The fraction of sp³-hybridized carbons (Fsp3) is 0.231. The lowest BCUT2D eigenvalue weighted by Crippen LogP contribution is -2.14. The molecule has 100 valence electrons. The zero-order chi connectivity index (χ0) is 14.6. The summed E-state index contributed by atoms with van der Waals surface area (Å²) in [5.74, 6) is -0.931. The average Bonchev–Trinajstić information content (AvgIpc) is 2.27. The van der Waals surface area contributed by atoms with E-state index in [1.807, 2.05) is 0 Å². The van der Waals surface area contributed by atoms with Crippen molar-refractivity contribution in [3.8, 4) is 0 Å². The third kappa shape index (κ3) is 4.10. The van der Waals surface area contributed by atoms with Gasteiger partial charge >= 0.3 is 0 Å². The minimum absolute atomic E-state index is 0.112. The third-order valence-electron chi connectivity index (χ3n) is 2.49. The van der Waals surface area contributed by atoms with E-state index < -0.39 is 23.0 Å². The number of benzene rings is 1. The maximum absolute atomic E-state index is 11.5. The zero-order valence-corrected chi connectivity index (χ0v) is 12.1. The van der Waals surface area contributed by atoms with Crippen molar-refractivity contribution < 1.29 is 14.5 Å². The summed E-state index contributed by atoms with van der Waals surface area (Å²) in [6.45, 7) is 1.90. The topological polar surface area (TPSA) is 77.3 Å². The predicted octanol–water partition coefficient (Wildman–Crippen LogP) is 2.66. The van der Waals surface area contributed by atoms with Crippen molar-refractivity contribution >= 4 is 33.1 Å². The molecule has 0 unspecified atom stereocenters. The van der Waals surface area contributed by atoms with E-state index in [1.54, 1.807) is 24.3 Å². The first kappa shape index (κ1) is 15.2. The predicted molar refractivity (Wildman–Crippen MR) is 74.3 cm³/mol. The Morgan fingerprint density at radius 2 is 1.63 bits per heavy atom. The van der Waals surface area contributed by atoms with Gasteiger partial charge in [0.25, 0.3) is 0 Å². The monoisotopic (exact) mass is 325 g/mol. The standard InChI is InChI=1S/C13H12BrNO4/c1-8(16)13(9(2)17)12(7-15(18)19)10-3-5-11(14)6-4-10/h3-6H,7H2,1-2H3. The van der Waals surface area contributed by atoms with Crippen LogP contribution in [-0.2, 0) is 9.59 Å². The van der Waals surface area contributed by atoms with Crippen LogP contribution >= 0.6 is 15.9 Å². The van der Waals surface area contributed by atoms with Crippen molar-refractivity contribution in [2.45, 2.75) is 13.8 Å². The molecule has 0 heterocycles. The first-order chi connectivity index (χ1) is 8.82. The Morgan fingerprint density at radius 1 is 1.16 bits per heavy atom. The van der Waals surface area contributed by atoms with Gasteiger partial charge in [-0.2, -0.15) is 0 Å². The number of rotatable bonds is 5. The molecular formula is C13H12BrNO4. The van der Waals surface area contributed by atoms with Gasteiger partial charge in [-0.3, -0.25) is 19.7 Å². The van der Waals surface area contributed by atoms with Crippen molar-refractivity contribution in [3.63, 3.8) is 0 Å². The van der Waals surface area contributed by atoms with Gasteiger partial charge in [0.1, 0.15) is 0 Å². The van der Waals surface area contributed by atoms with Crippen molar-refractivity contribution in [1.82, 2.24) is 0 Å². The van der Waals surface area contributed by atoms with Crippen LogP contribution in [0.1, 0.15) is 19.4 Å². The Hall–Kier alpha value is -1.82. The number of allylic oxidation sites excluding steroid dienone is 1. The highest BCUT2D eigenvalue weighted by Gasteiger charge is 2.21. The van der Waals surface area contributed by atoms with E-state index in [9.17, 15) is 19.7 Å². The molecule has 0 radical (unpaired) electrons. The van der Waals surface area contributed by atoms with Crippen LogP contribution < -0.4 is 0 Å². The molecule has 0 aliphatic carbocycles. The molecule has 0 atom stereocenters. The first-order valence-corrected chi connectivity index (χ1v) is 6.25. The van der Waals surface area contributed by atoms with E-state index in [2.05, 4.69) is 15.9 Å². The first-order valence-electron chi connectivity index (χ1n) is 5.45. The molecule has 0 fully saturated rings. The molecule has 0 saturated heterocycles. The number of carbonyl (C=O) groups excluding carboxylic acids is 2. The molecule has 6 heteroatoms. The number of nitro groups is 1. The molecule has 0 aliphatic heterocycles. The Bertz CT molecular complexity index is 545. The molecule has 19 heavy (non-hydrogen) atoms. The number of halogens is 1. The van der Waals surface area contributed by atoms with E-state index >= 15 is 0 Å². The van der Waals surface area contributed by atoms with Gasteiger partial charge in [0.15, 0.2) is 11.6 Å². The third-order valence-corrected chi connectivity index (χ3v) is 3.01. The van der Waals surface area contributed by atoms with Gasteiger partial charge in [0.2, 0.25) is 6.54 Å². The van der Waals surface area contributed by atoms with Crippen LogP contribution in [0.5, 0.6) is 0 Å². The Kier molecular flexibility index (Phi) is 5.11. The van der Waals surface area contributed by atoms with E-state index in [0.717, 1.165) is 4.47 Å². The number of nitrogens with zero attached hydrogens (tertiary/aromatic N) is 1. The number of ketones is 2. The second kappa shape index (κ2) is 6.38. The fourth-order valence-electron chi connectivity index (χ4n) is 1.77. The van der Waals surface area contributed by atoms with Crippen LogP contribution in [0.2, 0.25) is 0 Å². The van der Waals surface area contributed by atoms with Crippen molar-refractivity contribution in [1.29, 1.82) is 0 Å². The second-order valence-electron chi connectivity index (χ2n) is 3.96. The van der Waals surface area contributed by atoms with Crippen LogP contribution in [0.4, 0.5) is 0 Å². The lowest BCUT2D eigenvalue weighted by Gasteiger charge is -2.08. The van der Waals surface area contributed by atoms with Gasteiger partial charge in [0.05, 0.1) is 5.57 Å². The highest BCUT2D eigenvalue weighted by molar-refractivity contribution is 9.10. The van der Waals surface area contributed by atoms with Gasteiger partial charge in [-0.1, -0.05) is 28.1 Å². The molecule has 5 nitrogen and oxygen atoms in total. The zero-order valence-electron chi connectivity index (χ0n) is 10.5. The highest BCUT2D eigenvalue weighted by Crippen LogP contribution is 2.22. The van der Waals surface area contributed by atoms with Gasteiger partial charge in [-0.05, 0) is 31.5 Å². The molecule has 1 aromatic carbocycles. The maximum atomic E-state index is 11.5. The smallest absolute Gasteiger partial charge is 0.230 e. The highest BCUT2D eigenvalue weighted by atomic mass is 79.9. The molecule has 0 saturated carbocycles. The van der Waals surface area contributed by atoms with Gasteiger partial charge in [-0.15, -0.1) is 0 Å². The van der Waals surface area contributed by atoms with E-state index in [1.165, 1.54) is 13.8 Å². The van der Waals surface area contributed by atoms with Gasteiger partial charge in [-0.25, -0.2) is 0 Å². The number of hydrogen-bond acceptors (Lipinski definition) is 4. The lowest BCUT2D eigenvalue weighted by molar-refractivity contribution is -0.465. The Labute approximate surface area is 118 Å². The summed E-state index contributed by atoms with van der Waals surface area (Å²) in [7, 11) is 0. The van der Waals surface area contributed by atoms with Crippen LogP contribution in [0.25, 0.3) is 5.57 Å². The minimum atomic E-state index is -0.559. The molecule has 1 aromatic rings. The summed E-state index contributed by atoms with van der Waals surface area (Å²) in [6.07, 6.45) is 0. The molecular weight excluding hydrogens is 314 g/mol. The van der Waals surface area contributed by atoms with Crippen molar-refractivity contribution in [2.75, 3.05) is 6.54 Å². The van der Waals surface area contributed by atoms with Crippen LogP contribution in [0.3, 0.4) is 0 Å². The largest absolute Gasteiger partial charge is 0.294 e. The van der Waals surface area contributed by atoms with Crippen LogP contribution in [0, 0.1) is 10.1 Å². The second-order valence-corrected chi connectivity index (χ2v) is 4.88. The summed E-state index contributed by atoms with van der Waals surface area (Å²) in [4.78, 5) is 33.3.